The molecule has 0 unspecified atom stereocenters. The number of rotatable bonds is 5. The Labute approximate surface area is 121 Å². The number of nitrogens with one attached hydrogen (secondary N) is 1. The second-order valence-electron chi connectivity index (χ2n) is 4.17. The van der Waals surface area contributed by atoms with Gasteiger partial charge in [0.2, 0.25) is 5.91 Å². The number of hydrogen-bond acceptors (Lipinski definition) is 5. The van der Waals surface area contributed by atoms with E-state index in [9.17, 15) is 4.79 Å². The molecule has 0 saturated heterocycles. The first-order valence-corrected chi connectivity index (χ1v) is 6.94. The van der Waals surface area contributed by atoms with Gasteiger partial charge in [-0.05, 0) is 19.1 Å². The highest BCUT2D eigenvalue weighted by atomic mass is 32.2. The van der Waals surface area contributed by atoms with Crippen LogP contribution < -0.4 is 10.1 Å². The quantitative estimate of drug-likeness (QED) is 0.853. The second-order valence-corrected chi connectivity index (χ2v) is 5.48. The lowest BCUT2D eigenvalue weighted by atomic mass is 10.3. The van der Waals surface area contributed by atoms with Gasteiger partial charge in [0, 0.05) is 7.05 Å². The molecule has 1 N–H and O–H groups in total. The first kappa shape index (κ1) is 14.4. The van der Waals surface area contributed by atoms with Crippen LogP contribution in [0.5, 0.6) is 5.75 Å². The fraction of sp³-hybridized carbons (Fsp3) is 0.308. The Morgan fingerprint density at radius 1 is 1.45 bits per heavy atom. The number of benzene rings is 1. The van der Waals surface area contributed by atoms with Crippen molar-refractivity contribution >= 4 is 23.4 Å². The normalized spacial score (nSPS) is 11.9. The number of nitrogens with zero attached hydrogens (tertiary/aromatic N) is 3. The molecule has 0 saturated carbocycles. The van der Waals surface area contributed by atoms with Crippen LogP contribution in [0.4, 0.5) is 5.69 Å². The van der Waals surface area contributed by atoms with Crippen LogP contribution in [-0.2, 0) is 11.8 Å². The summed E-state index contributed by atoms with van der Waals surface area (Å²) in [4.78, 5) is 12.2. The van der Waals surface area contributed by atoms with Crippen molar-refractivity contribution in [1.29, 1.82) is 0 Å². The highest BCUT2D eigenvalue weighted by molar-refractivity contribution is 8.00. The van der Waals surface area contributed by atoms with Gasteiger partial charge in [0.15, 0.2) is 5.16 Å². The van der Waals surface area contributed by atoms with E-state index in [0.29, 0.717) is 16.6 Å². The van der Waals surface area contributed by atoms with E-state index in [-0.39, 0.29) is 11.2 Å². The summed E-state index contributed by atoms with van der Waals surface area (Å²) >= 11 is 1.35. The Bertz CT molecular complexity index is 600. The Balaban J connectivity index is 2.02. The average molecular weight is 292 g/mol. The van der Waals surface area contributed by atoms with E-state index in [1.54, 1.807) is 30.1 Å². The SMILES string of the molecule is COc1ccccc1NC(=O)[C@@H](C)Sc1nncn1C. The fourth-order valence-corrected chi connectivity index (χ4v) is 2.36. The zero-order chi connectivity index (χ0) is 14.5. The number of hydrogen-bond donors (Lipinski definition) is 1. The van der Waals surface area contributed by atoms with E-state index in [1.165, 1.54) is 11.8 Å². The molecule has 7 heteroatoms. The zero-order valence-electron chi connectivity index (χ0n) is 11.5. The zero-order valence-corrected chi connectivity index (χ0v) is 12.3. The highest BCUT2D eigenvalue weighted by Gasteiger charge is 2.18. The molecule has 0 bridgehead atoms. The van der Waals surface area contributed by atoms with E-state index in [2.05, 4.69) is 15.5 Å². The van der Waals surface area contributed by atoms with Gasteiger partial charge in [-0.25, -0.2) is 0 Å². The number of thioether (sulfide) groups is 1. The molecule has 0 fully saturated rings. The van der Waals surface area contributed by atoms with Crippen LogP contribution in [0.15, 0.2) is 35.7 Å². The van der Waals surface area contributed by atoms with Gasteiger partial charge in [-0.2, -0.15) is 0 Å². The fourth-order valence-electron chi connectivity index (χ4n) is 1.57. The van der Waals surface area contributed by atoms with Gasteiger partial charge >= 0.3 is 0 Å². The van der Waals surface area contributed by atoms with Crippen molar-refractivity contribution in [2.45, 2.75) is 17.3 Å². The molecule has 0 radical (unpaired) electrons. The molecule has 0 spiro atoms. The van der Waals surface area contributed by atoms with Gasteiger partial charge in [-0.15, -0.1) is 10.2 Å². The minimum atomic E-state index is -0.289. The smallest absolute Gasteiger partial charge is 0.237 e. The Hall–Kier alpha value is -2.02. The molecule has 0 aliphatic heterocycles. The maximum Gasteiger partial charge on any atom is 0.237 e. The van der Waals surface area contributed by atoms with Crippen molar-refractivity contribution < 1.29 is 9.53 Å². The van der Waals surface area contributed by atoms with Crippen molar-refractivity contribution in [1.82, 2.24) is 14.8 Å². The number of carbonyl (C=O) groups excluding carboxylic acids is 1. The molecule has 2 rings (SSSR count). The van der Waals surface area contributed by atoms with Crippen LogP contribution >= 0.6 is 11.8 Å². The van der Waals surface area contributed by atoms with Gasteiger partial charge in [-0.3, -0.25) is 4.79 Å². The minimum absolute atomic E-state index is 0.109. The number of ether oxygens (including phenoxy) is 1. The van der Waals surface area contributed by atoms with Crippen LogP contribution in [0.3, 0.4) is 0 Å². The van der Waals surface area contributed by atoms with E-state index in [0.717, 1.165) is 0 Å². The maximum absolute atomic E-state index is 12.2. The van der Waals surface area contributed by atoms with E-state index >= 15 is 0 Å². The third-order valence-corrected chi connectivity index (χ3v) is 3.83. The predicted octanol–water partition coefficient (Wildman–Crippen LogP) is 1.94. The number of aromatic nitrogens is 3. The predicted molar refractivity (Wildman–Crippen MR) is 77.9 cm³/mol. The number of carbonyl (C=O) groups is 1. The molecule has 1 aromatic carbocycles. The molecule has 106 valence electrons. The van der Waals surface area contributed by atoms with E-state index < -0.39 is 0 Å². The van der Waals surface area contributed by atoms with Crippen LogP contribution in [-0.4, -0.2) is 33.0 Å². The number of amides is 1. The monoisotopic (exact) mass is 292 g/mol. The largest absolute Gasteiger partial charge is 0.495 e. The standard InChI is InChI=1S/C13H16N4O2S/c1-9(20-13-16-14-8-17(13)2)12(18)15-10-6-4-5-7-11(10)19-3/h4-9H,1-3H3,(H,15,18)/t9-/m1/s1. The maximum atomic E-state index is 12.2. The number of para-hydroxylation sites is 2. The molecule has 1 atom stereocenters. The summed E-state index contributed by atoms with van der Waals surface area (Å²) in [5.41, 5.74) is 0.658. The first-order valence-electron chi connectivity index (χ1n) is 6.06. The second kappa shape index (κ2) is 6.42. The van der Waals surface area contributed by atoms with Crippen molar-refractivity contribution in [3.63, 3.8) is 0 Å². The van der Waals surface area contributed by atoms with Gasteiger partial charge < -0.3 is 14.6 Å². The van der Waals surface area contributed by atoms with Crippen LogP contribution in [0.25, 0.3) is 0 Å². The number of aryl methyl sites for hydroxylation is 1. The van der Waals surface area contributed by atoms with Crippen LogP contribution in [0, 0.1) is 0 Å². The third-order valence-electron chi connectivity index (χ3n) is 2.69. The molecular formula is C13H16N4O2S. The van der Waals surface area contributed by atoms with Crippen molar-refractivity contribution in [2.75, 3.05) is 12.4 Å². The summed E-state index contributed by atoms with van der Waals surface area (Å²) in [5.74, 6) is 0.527. The lowest BCUT2D eigenvalue weighted by molar-refractivity contribution is -0.115. The Kier molecular flexibility index (Phi) is 4.62. The molecule has 20 heavy (non-hydrogen) atoms. The third kappa shape index (κ3) is 3.30. The molecule has 1 aromatic heterocycles. The molecule has 0 aliphatic carbocycles. The molecule has 1 heterocycles. The lowest BCUT2D eigenvalue weighted by Crippen LogP contribution is -2.23. The van der Waals surface area contributed by atoms with Crippen molar-refractivity contribution in [3.8, 4) is 5.75 Å². The topological polar surface area (TPSA) is 69.0 Å². The van der Waals surface area contributed by atoms with Crippen LogP contribution in [0.2, 0.25) is 0 Å². The summed E-state index contributed by atoms with van der Waals surface area (Å²) in [5, 5.41) is 11.0. The molecule has 6 nitrogen and oxygen atoms in total. The molecule has 1 amide bonds. The van der Waals surface area contributed by atoms with Gasteiger partial charge in [-0.1, -0.05) is 23.9 Å². The summed E-state index contributed by atoms with van der Waals surface area (Å²) < 4.78 is 6.98. The summed E-state index contributed by atoms with van der Waals surface area (Å²) in [6.07, 6.45) is 1.60. The molecular weight excluding hydrogens is 276 g/mol. The Morgan fingerprint density at radius 3 is 2.85 bits per heavy atom. The summed E-state index contributed by atoms with van der Waals surface area (Å²) in [7, 11) is 3.41. The number of methoxy groups -OCH3 is 1. The Morgan fingerprint density at radius 2 is 2.20 bits per heavy atom. The van der Waals surface area contributed by atoms with E-state index in [4.69, 9.17) is 4.74 Å². The van der Waals surface area contributed by atoms with Gasteiger partial charge in [0.05, 0.1) is 18.0 Å². The van der Waals surface area contributed by atoms with Gasteiger partial charge in [0.1, 0.15) is 12.1 Å². The van der Waals surface area contributed by atoms with Crippen molar-refractivity contribution in [2.24, 2.45) is 7.05 Å². The summed E-state index contributed by atoms with van der Waals surface area (Å²) in [6.45, 7) is 1.82. The van der Waals surface area contributed by atoms with Gasteiger partial charge in [0.25, 0.3) is 0 Å². The minimum Gasteiger partial charge on any atom is -0.495 e. The average Bonchev–Trinajstić information content (AvgIpc) is 2.84. The van der Waals surface area contributed by atoms with Crippen LogP contribution in [0.1, 0.15) is 6.92 Å². The number of anilines is 1. The molecule has 2 aromatic rings. The van der Waals surface area contributed by atoms with E-state index in [1.807, 2.05) is 26.1 Å². The lowest BCUT2D eigenvalue weighted by Gasteiger charge is -2.13. The molecule has 0 aliphatic rings. The van der Waals surface area contributed by atoms with Crippen molar-refractivity contribution in [3.05, 3.63) is 30.6 Å². The first-order chi connectivity index (χ1) is 9.61. The highest BCUT2D eigenvalue weighted by Crippen LogP contribution is 2.25. The summed E-state index contributed by atoms with van der Waals surface area (Å²) in [6, 6.07) is 7.30.